The summed E-state index contributed by atoms with van der Waals surface area (Å²) in [4.78, 5) is 2.49. The fraction of sp³-hybridized carbons (Fsp3) is 0.571. The van der Waals surface area contributed by atoms with Gasteiger partial charge in [0, 0.05) is 35.8 Å². The molecule has 0 aromatic heterocycles. The third kappa shape index (κ3) is 4.10. The van der Waals surface area contributed by atoms with Crippen LogP contribution in [0.2, 0.25) is 0 Å². The number of rotatable bonds is 4. The normalized spacial score (nSPS) is 25.0. The number of benzene rings is 1. The molecule has 2 atom stereocenters. The largest absolute Gasteiger partial charge is 0.492 e. The van der Waals surface area contributed by atoms with Gasteiger partial charge >= 0.3 is 0 Å². The van der Waals surface area contributed by atoms with E-state index in [9.17, 15) is 0 Å². The predicted octanol–water partition coefficient (Wildman–Crippen LogP) is 2.47. The number of anilines is 1. The summed E-state index contributed by atoms with van der Waals surface area (Å²) < 4.78 is 5.73. The van der Waals surface area contributed by atoms with Gasteiger partial charge in [-0.1, -0.05) is 13.8 Å². The molecule has 0 saturated carbocycles. The zero-order chi connectivity index (χ0) is 13.0. The summed E-state index contributed by atoms with van der Waals surface area (Å²) in [5.41, 5.74) is 6.41. The van der Waals surface area contributed by atoms with E-state index in [0.717, 1.165) is 35.1 Å². The SMILES string of the molecule is CC1CN(CCOc2ccc(N)cc2)CC(C)S1. The van der Waals surface area contributed by atoms with Gasteiger partial charge in [0.15, 0.2) is 0 Å². The van der Waals surface area contributed by atoms with Gasteiger partial charge in [0.1, 0.15) is 12.4 Å². The Hall–Kier alpha value is -0.870. The molecule has 1 fully saturated rings. The maximum Gasteiger partial charge on any atom is 0.119 e. The Morgan fingerprint density at radius 1 is 1.22 bits per heavy atom. The summed E-state index contributed by atoms with van der Waals surface area (Å²) in [6.07, 6.45) is 0. The molecule has 0 bridgehead atoms. The highest BCUT2D eigenvalue weighted by atomic mass is 32.2. The lowest BCUT2D eigenvalue weighted by Gasteiger charge is -2.34. The van der Waals surface area contributed by atoms with E-state index in [1.807, 2.05) is 24.3 Å². The van der Waals surface area contributed by atoms with Gasteiger partial charge in [-0.3, -0.25) is 4.90 Å². The average molecular weight is 266 g/mol. The molecule has 2 rings (SSSR count). The molecule has 0 aliphatic carbocycles. The topological polar surface area (TPSA) is 38.5 Å². The minimum Gasteiger partial charge on any atom is -0.492 e. The van der Waals surface area contributed by atoms with Crippen molar-refractivity contribution in [3.63, 3.8) is 0 Å². The van der Waals surface area contributed by atoms with Gasteiger partial charge in [-0.2, -0.15) is 11.8 Å². The first-order valence-corrected chi connectivity index (χ1v) is 7.44. The number of thioether (sulfide) groups is 1. The molecule has 2 N–H and O–H groups in total. The molecule has 18 heavy (non-hydrogen) atoms. The van der Waals surface area contributed by atoms with Gasteiger partial charge in [0.25, 0.3) is 0 Å². The Bertz CT molecular complexity index is 359. The molecule has 0 amide bonds. The minimum absolute atomic E-state index is 0.727. The van der Waals surface area contributed by atoms with Crippen LogP contribution < -0.4 is 10.5 Å². The number of nitrogens with two attached hydrogens (primary N) is 1. The van der Waals surface area contributed by atoms with Crippen molar-refractivity contribution in [1.82, 2.24) is 4.90 Å². The molecule has 1 aromatic carbocycles. The van der Waals surface area contributed by atoms with Crippen molar-refractivity contribution >= 4 is 17.4 Å². The molecule has 0 spiro atoms. The van der Waals surface area contributed by atoms with Gasteiger partial charge < -0.3 is 10.5 Å². The van der Waals surface area contributed by atoms with Crippen LogP contribution in [-0.2, 0) is 0 Å². The molecule has 1 heterocycles. The van der Waals surface area contributed by atoms with Crippen LogP contribution in [-0.4, -0.2) is 41.6 Å². The summed E-state index contributed by atoms with van der Waals surface area (Å²) in [5.74, 6) is 0.900. The summed E-state index contributed by atoms with van der Waals surface area (Å²) in [5, 5.41) is 1.45. The van der Waals surface area contributed by atoms with Crippen molar-refractivity contribution < 1.29 is 4.74 Å². The highest BCUT2D eigenvalue weighted by Gasteiger charge is 2.21. The van der Waals surface area contributed by atoms with Crippen LogP contribution >= 0.6 is 11.8 Å². The first-order valence-electron chi connectivity index (χ1n) is 6.49. The number of nitrogens with zero attached hydrogens (tertiary/aromatic N) is 1. The fourth-order valence-corrected chi connectivity index (χ4v) is 3.71. The predicted molar refractivity (Wildman–Crippen MR) is 79.3 cm³/mol. The quantitative estimate of drug-likeness (QED) is 0.850. The van der Waals surface area contributed by atoms with E-state index in [0.29, 0.717) is 0 Å². The molecule has 0 radical (unpaired) electrons. The molecule has 4 heteroatoms. The first kappa shape index (κ1) is 13.6. The lowest BCUT2D eigenvalue weighted by atomic mass is 10.3. The first-order chi connectivity index (χ1) is 8.63. The number of nitrogen functional groups attached to an aromatic ring is 1. The zero-order valence-corrected chi connectivity index (χ0v) is 12.0. The van der Waals surface area contributed by atoms with Crippen molar-refractivity contribution in [2.24, 2.45) is 0 Å². The van der Waals surface area contributed by atoms with Crippen LogP contribution in [0.4, 0.5) is 5.69 Å². The summed E-state index contributed by atoms with van der Waals surface area (Å²) in [6, 6.07) is 7.59. The van der Waals surface area contributed by atoms with Crippen LogP contribution in [0.5, 0.6) is 5.75 Å². The second-order valence-electron chi connectivity index (χ2n) is 4.93. The highest BCUT2D eigenvalue weighted by molar-refractivity contribution is 8.00. The van der Waals surface area contributed by atoms with Crippen molar-refractivity contribution in [3.8, 4) is 5.75 Å². The van der Waals surface area contributed by atoms with Crippen LogP contribution in [0.1, 0.15) is 13.8 Å². The molecule has 2 unspecified atom stereocenters. The second kappa shape index (κ2) is 6.34. The summed E-state index contributed by atoms with van der Waals surface area (Å²) in [6.45, 7) is 8.68. The van der Waals surface area contributed by atoms with Crippen LogP contribution in [0.3, 0.4) is 0 Å². The monoisotopic (exact) mass is 266 g/mol. The lowest BCUT2D eigenvalue weighted by molar-refractivity contribution is 0.207. The molecule has 1 aliphatic heterocycles. The number of hydrogen-bond acceptors (Lipinski definition) is 4. The highest BCUT2D eigenvalue weighted by Crippen LogP contribution is 2.24. The van der Waals surface area contributed by atoms with E-state index in [1.54, 1.807) is 0 Å². The van der Waals surface area contributed by atoms with E-state index in [4.69, 9.17) is 10.5 Å². The molecule has 1 aliphatic rings. The van der Waals surface area contributed by atoms with Crippen molar-refractivity contribution in [1.29, 1.82) is 0 Å². The van der Waals surface area contributed by atoms with Gasteiger partial charge in [0.2, 0.25) is 0 Å². The average Bonchev–Trinajstić information content (AvgIpc) is 2.30. The van der Waals surface area contributed by atoms with E-state index in [1.165, 1.54) is 13.1 Å². The zero-order valence-electron chi connectivity index (χ0n) is 11.1. The molecule has 100 valence electrons. The van der Waals surface area contributed by atoms with Crippen LogP contribution in [0, 0.1) is 0 Å². The van der Waals surface area contributed by atoms with Gasteiger partial charge in [-0.15, -0.1) is 0 Å². The lowest BCUT2D eigenvalue weighted by Crippen LogP contribution is -2.42. The van der Waals surface area contributed by atoms with Crippen LogP contribution in [0.15, 0.2) is 24.3 Å². The maximum atomic E-state index is 5.73. The van der Waals surface area contributed by atoms with Crippen LogP contribution in [0.25, 0.3) is 0 Å². The molecular formula is C14H22N2OS. The fourth-order valence-electron chi connectivity index (χ4n) is 2.32. The minimum atomic E-state index is 0.727. The summed E-state index contributed by atoms with van der Waals surface area (Å²) in [7, 11) is 0. The third-order valence-electron chi connectivity index (χ3n) is 3.05. The van der Waals surface area contributed by atoms with Gasteiger partial charge in [-0.05, 0) is 24.3 Å². The van der Waals surface area contributed by atoms with E-state index < -0.39 is 0 Å². The Morgan fingerprint density at radius 2 is 1.83 bits per heavy atom. The Balaban J connectivity index is 1.73. The standard InChI is InChI=1S/C14H22N2OS/c1-11-9-16(10-12(2)18-11)7-8-17-14-5-3-13(15)4-6-14/h3-6,11-12H,7-10,15H2,1-2H3. The van der Waals surface area contributed by atoms with Crippen molar-refractivity contribution in [3.05, 3.63) is 24.3 Å². The number of hydrogen-bond donors (Lipinski definition) is 1. The Morgan fingerprint density at radius 3 is 2.44 bits per heavy atom. The molecular weight excluding hydrogens is 244 g/mol. The van der Waals surface area contributed by atoms with Gasteiger partial charge in [-0.25, -0.2) is 0 Å². The molecule has 1 saturated heterocycles. The Kier molecular flexibility index (Phi) is 4.78. The third-order valence-corrected chi connectivity index (χ3v) is 4.28. The van der Waals surface area contributed by atoms with Crippen molar-refractivity contribution in [2.45, 2.75) is 24.3 Å². The Labute approximate surface area is 114 Å². The van der Waals surface area contributed by atoms with E-state index in [-0.39, 0.29) is 0 Å². The second-order valence-corrected chi connectivity index (χ2v) is 6.82. The smallest absolute Gasteiger partial charge is 0.119 e. The molecule has 1 aromatic rings. The summed E-state index contributed by atoms with van der Waals surface area (Å²) >= 11 is 2.08. The van der Waals surface area contributed by atoms with E-state index >= 15 is 0 Å². The molecule has 3 nitrogen and oxygen atoms in total. The maximum absolute atomic E-state index is 5.73. The number of ether oxygens (including phenoxy) is 1. The van der Waals surface area contributed by atoms with Gasteiger partial charge in [0.05, 0.1) is 0 Å². The van der Waals surface area contributed by atoms with Crippen molar-refractivity contribution in [2.75, 3.05) is 32.0 Å². The van der Waals surface area contributed by atoms with E-state index in [2.05, 4.69) is 30.5 Å².